The fourth-order valence-corrected chi connectivity index (χ4v) is 1.59. The minimum Gasteiger partial charge on any atom is -0.478 e. The molecular weight excluding hydrogens is 314 g/mol. The van der Waals surface area contributed by atoms with Gasteiger partial charge in [-0.1, -0.05) is 0 Å². The molecule has 0 saturated carbocycles. The Morgan fingerprint density at radius 3 is 2.57 bits per heavy atom. The van der Waals surface area contributed by atoms with E-state index < -0.39 is 35.7 Å². The van der Waals surface area contributed by atoms with E-state index in [4.69, 9.17) is 9.94 Å². The summed E-state index contributed by atoms with van der Waals surface area (Å²) < 4.78 is 26.3. The number of rotatable bonds is 5. The number of nitrogens with zero attached hydrogens (tertiary/aromatic N) is 1. The Morgan fingerprint density at radius 1 is 1.17 bits per heavy atom. The fraction of sp³-hybridized carbons (Fsp3) is 0.0714. The SMILES string of the molecule is O=C(COn1cc(C(=O)O)ccc1=O)Nc1ccc(F)c(F)c1. The summed E-state index contributed by atoms with van der Waals surface area (Å²) in [5.41, 5.74) is -0.870. The number of nitrogens with one attached hydrogen (secondary N) is 1. The number of carbonyl (C=O) groups is 2. The molecule has 120 valence electrons. The maximum atomic E-state index is 13.0. The lowest BCUT2D eigenvalue weighted by atomic mass is 10.3. The van der Waals surface area contributed by atoms with Crippen molar-refractivity contribution >= 4 is 17.6 Å². The lowest BCUT2D eigenvalue weighted by molar-refractivity contribution is -0.120. The number of carboxylic acids is 1. The molecule has 1 amide bonds. The van der Waals surface area contributed by atoms with Crippen LogP contribution in [0.5, 0.6) is 0 Å². The van der Waals surface area contributed by atoms with Crippen LogP contribution >= 0.6 is 0 Å². The quantitative estimate of drug-likeness (QED) is 0.851. The molecule has 23 heavy (non-hydrogen) atoms. The highest BCUT2D eigenvalue weighted by atomic mass is 19.2. The molecule has 0 bridgehead atoms. The zero-order chi connectivity index (χ0) is 17.0. The monoisotopic (exact) mass is 324 g/mol. The predicted octanol–water partition coefficient (Wildman–Crippen LogP) is 0.892. The third-order valence-corrected chi connectivity index (χ3v) is 2.66. The van der Waals surface area contributed by atoms with E-state index in [1.165, 1.54) is 0 Å². The summed E-state index contributed by atoms with van der Waals surface area (Å²) in [6.07, 6.45) is 0.912. The fourth-order valence-electron chi connectivity index (χ4n) is 1.59. The van der Waals surface area contributed by atoms with E-state index in [9.17, 15) is 23.2 Å². The summed E-state index contributed by atoms with van der Waals surface area (Å²) in [4.78, 5) is 38.8. The number of pyridine rings is 1. The van der Waals surface area contributed by atoms with Crippen molar-refractivity contribution in [1.82, 2.24) is 4.73 Å². The molecule has 2 rings (SSSR count). The first kappa shape index (κ1) is 16.1. The molecule has 2 aromatic rings. The van der Waals surface area contributed by atoms with Crippen LogP contribution in [0.3, 0.4) is 0 Å². The van der Waals surface area contributed by atoms with Crippen LogP contribution < -0.4 is 15.7 Å². The zero-order valence-corrected chi connectivity index (χ0v) is 11.5. The van der Waals surface area contributed by atoms with Gasteiger partial charge in [0.1, 0.15) is 0 Å². The molecule has 0 aliphatic rings. The number of aromatic carboxylic acids is 1. The number of benzene rings is 1. The largest absolute Gasteiger partial charge is 0.478 e. The van der Waals surface area contributed by atoms with Crippen molar-refractivity contribution in [3.05, 3.63) is 64.1 Å². The molecule has 2 N–H and O–H groups in total. The van der Waals surface area contributed by atoms with Crippen LogP contribution in [-0.4, -0.2) is 28.3 Å². The number of halogens is 2. The van der Waals surface area contributed by atoms with Crippen molar-refractivity contribution in [1.29, 1.82) is 0 Å². The summed E-state index contributed by atoms with van der Waals surface area (Å²) in [7, 11) is 0. The number of aromatic nitrogens is 1. The van der Waals surface area contributed by atoms with Gasteiger partial charge in [-0.3, -0.25) is 9.59 Å². The Kier molecular flexibility index (Phi) is 4.69. The van der Waals surface area contributed by atoms with Gasteiger partial charge in [0.25, 0.3) is 11.5 Å². The average Bonchev–Trinajstić information content (AvgIpc) is 2.50. The summed E-state index contributed by atoms with van der Waals surface area (Å²) in [6.45, 7) is -0.637. The third-order valence-electron chi connectivity index (χ3n) is 2.66. The van der Waals surface area contributed by atoms with Crippen molar-refractivity contribution in [2.75, 3.05) is 11.9 Å². The molecule has 1 aromatic heterocycles. The average molecular weight is 324 g/mol. The van der Waals surface area contributed by atoms with Crippen LogP contribution in [0.1, 0.15) is 10.4 Å². The molecule has 0 atom stereocenters. The van der Waals surface area contributed by atoms with Crippen LogP contribution in [0.2, 0.25) is 0 Å². The van der Waals surface area contributed by atoms with E-state index in [2.05, 4.69) is 5.32 Å². The van der Waals surface area contributed by atoms with Gasteiger partial charge in [0.05, 0.1) is 11.8 Å². The molecule has 9 heteroatoms. The van der Waals surface area contributed by atoms with Gasteiger partial charge in [-0.2, -0.15) is 4.73 Å². The van der Waals surface area contributed by atoms with Crippen molar-refractivity contribution in [2.24, 2.45) is 0 Å². The molecule has 1 aromatic carbocycles. The van der Waals surface area contributed by atoms with Crippen LogP contribution in [0.15, 0.2) is 41.3 Å². The lowest BCUT2D eigenvalue weighted by Crippen LogP contribution is -2.32. The number of carbonyl (C=O) groups excluding carboxylic acids is 1. The molecule has 0 aliphatic carbocycles. The second kappa shape index (κ2) is 6.69. The number of carboxylic acid groups (broad SMARTS) is 1. The summed E-state index contributed by atoms with van der Waals surface area (Å²) in [6, 6.07) is 4.83. The normalized spacial score (nSPS) is 10.2. The molecule has 0 aliphatic heterocycles. The van der Waals surface area contributed by atoms with E-state index in [-0.39, 0.29) is 11.3 Å². The summed E-state index contributed by atoms with van der Waals surface area (Å²) >= 11 is 0. The van der Waals surface area contributed by atoms with Crippen LogP contribution in [0.4, 0.5) is 14.5 Å². The van der Waals surface area contributed by atoms with Gasteiger partial charge in [0.2, 0.25) is 0 Å². The van der Waals surface area contributed by atoms with Gasteiger partial charge in [-0.15, -0.1) is 0 Å². The molecule has 0 fully saturated rings. The van der Waals surface area contributed by atoms with Crippen LogP contribution in [-0.2, 0) is 4.79 Å². The maximum Gasteiger partial charge on any atom is 0.337 e. The zero-order valence-electron chi connectivity index (χ0n) is 11.5. The Hall–Kier alpha value is -3.23. The highest BCUT2D eigenvalue weighted by molar-refractivity contribution is 5.91. The molecule has 0 saturated heterocycles. The Balaban J connectivity index is 2.01. The van der Waals surface area contributed by atoms with Crippen molar-refractivity contribution in [3.8, 4) is 0 Å². The number of anilines is 1. The first-order valence-electron chi connectivity index (χ1n) is 6.21. The third kappa shape index (κ3) is 4.13. The Bertz CT molecular complexity index is 819. The van der Waals surface area contributed by atoms with E-state index in [0.29, 0.717) is 4.73 Å². The van der Waals surface area contributed by atoms with E-state index in [1.54, 1.807) is 0 Å². The van der Waals surface area contributed by atoms with E-state index in [1.807, 2.05) is 0 Å². The maximum absolute atomic E-state index is 13.0. The highest BCUT2D eigenvalue weighted by Crippen LogP contribution is 2.12. The summed E-state index contributed by atoms with van der Waals surface area (Å²) in [5.74, 6) is -4.21. The molecule has 1 heterocycles. The molecule has 0 unspecified atom stereocenters. The Morgan fingerprint density at radius 2 is 1.91 bits per heavy atom. The van der Waals surface area contributed by atoms with Crippen LogP contribution in [0.25, 0.3) is 0 Å². The lowest BCUT2D eigenvalue weighted by Gasteiger charge is -2.09. The number of amides is 1. The van der Waals surface area contributed by atoms with Gasteiger partial charge in [0.15, 0.2) is 18.2 Å². The van der Waals surface area contributed by atoms with Gasteiger partial charge in [0, 0.05) is 17.8 Å². The number of hydrogen-bond donors (Lipinski definition) is 2. The Labute approximate surface area is 127 Å². The highest BCUT2D eigenvalue weighted by Gasteiger charge is 2.09. The number of hydrogen-bond acceptors (Lipinski definition) is 4. The minimum absolute atomic E-state index is 0.00383. The first-order valence-corrected chi connectivity index (χ1v) is 6.21. The van der Waals surface area contributed by atoms with Crippen LogP contribution in [0, 0.1) is 11.6 Å². The molecule has 7 nitrogen and oxygen atoms in total. The van der Waals surface area contributed by atoms with E-state index in [0.717, 1.165) is 36.5 Å². The predicted molar refractivity (Wildman–Crippen MR) is 74.1 cm³/mol. The summed E-state index contributed by atoms with van der Waals surface area (Å²) in [5, 5.41) is 11.0. The van der Waals surface area contributed by atoms with Gasteiger partial charge < -0.3 is 15.3 Å². The van der Waals surface area contributed by atoms with Crippen molar-refractivity contribution in [3.63, 3.8) is 0 Å². The molecule has 0 spiro atoms. The standard InChI is InChI=1S/C14H10F2N2O5/c15-10-3-2-9(5-11(10)16)17-12(19)7-23-18-6-8(14(21)22)1-4-13(18)20/h1-6H,7H2,(H,17,19)(H,21,22). The van der Waals surface area contributed by atoms with Gasteiger partial charge in [-0.25, -0.2) is 13.6 Å². The minimum atomic E-state index is -1.27. The van der Waals surface area contributed by atoms with Crippen molar-refractivity contribution in [2.45, 2.75) is 0 Å². The van der Waals surface area contributed by atoms with Gasteiger partial charge in [-0.05, 0) is 18.2 Å². The first-order chi connectivity index (χ1) is 10.9. The van der Waals surface area contributed by atoms with E-state index >= 15 is 0 Å². The van der Waals surface area contributed by atoms with Crippen molar-refractivity contribution < 1.29 is 28.3 Å². The topological polar surface area (TPSA) is 97.6 Å². The molecule has 0 radical (unpaired) electrons. The molecular formula is C14H10F2N2O5. The van der Waals surface area contributed by atoms with Gasteiger partial charge >= 0.3 is 5.97 Å². The second-order valence-electron chi connectivity index (χ2n) is 4.34. The second-order valence-corrected chi connectivity index (χ2v) is 4.34. The smallest absolute Gasteiger partial charge is 0.337 e.